The Morgan fingerprint density at radius 2 is 1.89 bits per heavy atom. The third kappa shape index (κ3) is 2.79. The fourth-order valence-corrected chi connectivity index (χ4v) is 1.23. The van der Waals surface area contributed by atoms with E-state index in [0.29, 0.717) is 0 Å². The molecule has 0 atom stereocenters. The smallest absolute Gasteiger partial charge is 0.313 e. The van der Waals surface area contributed by atoms with Crippen LogP contribution in [0.15, 0.2) is 6.07 Å². The molecule has 0 aliphatic carbocycles. The lowest BCUT2D eigenvalue weighted by Crippen LogP contribution is -2.13. The summed E-state index contributed by atoms with van der Waals surface area (Å²) < 4.78 is 43.4. The highest BCUT2D eigenvalue weighted by Crippen LogP contribution is 2.26. The van der Waals surface area contributed by atoms with E-state index in [9.17, 15) is 22.8 Å². The van der Waals surface area contributed by atoms with Gasteiger partial charge in [0.25, 0.3) is 0 Å². The van der Waals surface area contributed by atoms with Gasteiger partial charge in [-0.1, -0.05) is 0 Å². The first-order chi connectivity index (χ1) is 8.38. The molecule has 0 amide bonds. The van der Waals surface area contributed by atoms with Gasteiger partial charge in [0.05, 0.1) is 12.2 Å². The Kier molecular flexibility index (Phi) is 4.30. The number of hydrogen-bond acceptors (Lipinski definition) is 4. The number of Topliss-reactive ketones (excluding diaryl/α,β-unsaturated/α-hetero) is 1. The molecule has 0 aliphatic rings. The molecule has 4 nitrogen and oxygen atoms in total. The summed E-state index contributed by atoms with van der Waals surface area (Å²) in [5.41, 5.74) is -0.903. The molecule has 0 fully saturated rings. The number of rotatable bonds is 4. The van der Waals surface area contributed by atoms with Crippen LogP contribution in [0.4, 0.5) is 13.2 Å². The van der Waals surface area contributed by atoms with E-state index in [4.69, 9.17) is 5.11 Å². The average Bonchev–Trinajstić information content (AvgIpc) is 2.31. The standard InChI is InChI=1S/C11H9F3O4/c1-2-18-8(16)4-7(15)5-3-6(12)10(14)11(17)9(5)13/h3,17H,2,4H2,1H3. The van der Waals surface area contributed by atoms with Crippen molar-refractivity contribution >= 4 is 11.8 Å². The number of ketones is 1. The number of hydrogen-bond donors (Lipinski definition) is 1. The van der Waals surface area contributed by atoms with Crippen molar-refractivity contribution in [1.82, 2.24) is 0 Å². The highest BCUT2D eigenvalue weighted by molar-refractivity contribution is 6.06. The molecule has 0 aromatic heterocycles. The van der Waals surface area contributed by atoms with Gasteiger partial charge in [-0.25, -0.2) is 8.78 Å². The van der Waals surface area contributed by atoms with Crippen molar-refractivity contribution < 1.29 is 32.6 Å². The Morgan fingerprint density at radius 3 is 2.44 bits per heavy atom. The quantitative estimate of drug-likeness (QED) is 0.390. The third-order valence-corrected chi connectivity index (χ3v) is 2.04. The molecule has 0 saturated carbocycles. The van der Waals surface area contributed by atoms with Crippen molar-refractivity contribution in [2.75, 3.05) is 6.61 Å². The molecule has 7 heteroatoms. The molecule has 18 heavy (non-hydrogen) atoms. The molecule has 1 N–H and O–H groups in total. The Bertz CT molecular complexity index is 500. The second kappa shape index (κ2) is 5.52. The lowest BCUT2D eigenvalue weighted by Gasteiger charge is -2.05. The molecule has 1 aromatic rings. The number of esters is 1. The maximum absolute atomic E-state index is 13.3. The van der Waals surface area contributed by atoms with E-state index in [1.165, 1.54) is 6.92 Å². The number of benzene rings is 1. The van der Waals surface area contributed by atoms with Crippen LogP contribution < -0.4 is 0 Å². The summed E-state index contributed by atoms with van der Waals surface area (Å²) in [6.45, 7) is 1.53. The first kappa shape index (κ1) is 14.0. The van der Waals surface area contributed by atoms with E-state index in [1.807, 2.05) is 0 Å². The Morgan fingerprint density at radius 1 is 1.28 bits per heavy atom. The van der Waals surface area contributed by atoms with Gasteiger partial charge in [-0.2, -0.15) is 4.39 Å². The number of phenols is 1. The minimum Gasteiger partial charge on any atom is -0.503 e. The van der Waals surface area contributed by atoms with Gasteiger partial charge in [-0.05, 0) is 13.0 Å². The number of phenolic OH excluding ortho intramolecular Hbond substituents is 1. The molecular weight excluding hydrogens is 253 g/mol. The van der Waals surface area contributed by atoms with Gasteiger partial charge in [-0.15, -0.1) is 0 Å². The average molecular weight is 262 g/mol. The van der Waals surface area contributed by atoms with Gasteiger partial charge in [0.15, 0.2) is 23.2 Å². The predicted octanol–water partition coefficient (Wildman–Crippen LogP) is 1.95. The molecule has 0 bridgehead atoms. The zero-order valence-corrected chi connectivity index (χ0v) is 9.30. The van der Waals surface area contributed by atoms with Crippen molar-refractivity contribution in [2.24, 2.45) is 0 Å². The second-order valence-electron chi connectivity index (χ2n) is 3.29. The molecule has 1 rings (SSSR count). The minimum atomic E-state index is -1.79. The van der Waals surface area contributed by atoms with Crippen LogP contribution in [0.2, 0.25) is 0 Å². The van der Waals surface area contributed by atoms with E-state index in [-0.39, 0.29) is 12.7 Å². The van der Waals surface area contributed by atoms with Crippen LogP contribution in [0.5, 0.6) is 5.75 Å². The normalized spacial score (nSPS) is 10.2. The molecular formula is C11H9F3O4. The van der Waals surface area contributed by atoms with Gasteiger partial charge in [0.2, 0.25) is 5.82 Å². The fourth-order valence-electron chi connectivity index (χ4n) is 1.23. The van der Waals surface area contributed by atoms with Crippen molar-refractivity contribution in [3.05, 3.63) is 29.1 Å². The molecule has 98 valence electrons. The monoisotopic (exact) mass is 262 g/mol. The van der Waals surface area contributed by atoms with E-state index >= 15 is 0 Å². The van der Waals surface area contributed by atoms with Gasteiger partial charge in [-0.3, -0.25) is 9.59 Å². The molecule has 0 spiro atoms. The van der Waals surface area contributed by atoms with E-state index in [0.717, 1.165) is 0 Å². The van der Waals surface area contributed by atoms with Crippen LogP contribution in [0.1, 0.15) is 23.7 Å². The first-order valence-electron chi connectivity index (χ1n) is 4.93. The van der Waals surface area contributed by atoms with E-state index < -0.39 is 46.9 Å². The number of halogens is 3. The topological polar surface area (TPSA) is 63.6 Å². The van der Waals surface area contributed by atoms with Crippen LogP contribution in [0, 0.1) is 17.5 Å². The van der Waals surface area contributed by atoms with E-state index in [1.54, 1.807) is 0 Å². The summed E-state index contributed by atoms with van der Waals surface area (Å²) >= 11 is 0. The summed E-state index contributed by atoms with van der Waals surface area (Å²) in [5, 5.41) is 8.90. The summed E-state index contributed by atoms with van der Waals surface area (Å²) in [7, 11) is 0. The number of aromatic hydroxyl groups is 1. The molecule has 0 radical (unpaired) electrons. The van der Waals surface area contributed by atoms with Crippen molar-refractivity contribution in [2.45, 2.75) is 13.3 Å². The summed E-state index contributed by atoms with van der Waals surface area (Å²) in [4.78, 5) is 22.4. The Labute approximate surface area is 100.0 Å². The van der Waals surface area contributed by atoms with Gasteiger partial charge in [0.1, 0.15) is 6.42 Å². The first-order valence-corrected chi connectivity index (χ1v) is 4.93. The van der Waals surface area contributed by atoms with Crippen LogP contribution >= 0.6 is 0 Å². The largest absolute Gasteiger partial charge is 0.503 e. The maximum Gasteiger partial charge on any atom is 0.313 e. The van der Waals surface area contributed by atoms with Crippen LogP contribution in [0.3, 0.4) is 0 Å². The summed E-state index contributed by atoms with van der Waals surface area (Å²) in [6, 6.07) is 0.284. The highest BCUT2D eigenvalue weighted by Gasteiger charge is 2.24. The Balaban J connectivity index is 3.04. The number of carbonyl (C=O) groups excluding carboxylic acids is 2. The minimum absolute atomic E-state index is 0.0254. The Hall–Kier alpha value is -2.05. The zero-order valence-electron chi connectivity index (χ0n) is 9.30. The third-order valence-electron chi connectivity index (χ3n) is 2.04. The molecule has 0 aliphatic heterocycles. The predicted molar refractivity (Wildman–Crippen MR) is 53.6 cm³/mol. The van der Waals surface area contributed by atoms with Gasteiger partial charge in [0, 0.05) is 0 Å². The maximum atomic E-state index is 13.3. The summed E-state index contributed by atoms with van der Waals surface area (Å²) in [5.74, 6) is -8.61. The highest BCUT2D eigenvalue weighted by atomic mass is 19.2. The van der Waals surface area contributed by atoms with Crippen LogP contribution in [0.25, 0.3) is 0 Å². The molecule has 0 unspecified atom stereocenters. The zero-order chi connectivity index (χ0) is 13.9. The van der Waals surface area contributed by atoms with Gasteiger partial charge >= 0.3 is 5.97 Å². The lowest BCUT2D eigenvalue weighted by molar-refractivity contribution is -0.141. The van der Waals surface area contributed by atoms with Crippen molar-refractivity contribution in [3.8, 4) is 5.75 Å². The molecule has 0 heterocycles. The fraction of sp³-hybridized carbons (Fsp3) is 0.273. The number of carbonyl (C=O) groups is 2. The SMILES string of the molecule is CCOC(=O)CC(=O)c1cc(F)c(F)c(O)c1F. The van der Waals surface area contributed by atoms with Crippen LogP contribution in [-0.4, -0.2) is 23.5 Å². The lowest BCUT2D eigenvalue weighted by atomic mass is 10.1. The number of ether oxygens (including phenoxy) is 1. The molecule has 1 aromatic carbocycles. The van der Waals surface area contributed by atoms with E-state index in [2.05, 4.69) is 4.74 Å². The second-order valence-corrected chi connectivity index (χ2v) is 3.29. The van der Waals surface area contributed by atoms with Crippen molar-refractivity contribution in [1.29, 1.82) is 0 Å². The van der Waals surface area contributed by atoms with Crippen molar-refractivity contribution in [3.63, 3.8) is 0 Å². The van der Waals surface area contributed by atoms with Gasteiger partial charge < -0.3 is 9.84 Å². The molecule has 0 saturated heterocycles. The summed E-state index contributed by atoms with van der Waals surface area (Å²) in [6.07, 6.45) is -0.824. The van der Waals surface area contributed by atoms with Crippen LogP contribution in [-0.2, 0) is 9.53 Å².